The van der Waals surface area contributed by atoms with E-state index in [1.54, 1.807) is 0 Å². The Labute approximate surface area is 145 Å². The molecule has 122 valence electrons. The van der Waals surface area contributed by atoms with Crippen molar-refractivity contribution in [2.45, 2.75) is 26.2 Å². The van der Waals surface area contributed by atoms with Gasteiger partial charge in [0.05, 0.1) is 0 Å². The van der Waals surface area contributed by atoms with E-state index in [0.29, 0.717) is 0 Å². The lowest BCUT2D eigenvalue weighted by Gasteiger charge is -2.06. The summed E-state index contributed by atoms with van der Waals surface area (Å²) < 4.78 is 0. The van der Waals surface area contributed by atoms with E-state index in [0.717, 1.165) is 47.8 Å². The summed E-state index contributed by atoms with van der Waals surface area (Å²) >= 11 is 0. The molecule has 0 atom stereocenters. The number of hydrogen-bond acceptors (Lipinski definition) is 1. The van der Waals surface area contributed by atoms with Gasteiger partial charge >= 0.3 is 0 Å². The van der Waals surface area contributed by atoms with E-state index in [1.807, 2.05) is 60.7 Å². The minimum atomic E-state index is 0.757. The third kappa shape index (κ3) is 5.85. The van der Waals surface area contributed by atoms with Crippen LogP contribution in [0.15, 0.2) is 84.0 Å². The molecule has 2 rings (SSSR count). The number of carbonyl (C=O) groups is 1. The summed E-state index contributed by atoms with van der Waals surface area (Å²) in [5.74, 6) is 0. The van der Waals surface area contributed by atoms with Crippen LogP contribution in [-0.2, 0) is 4.79 Å². The van der Waals surface area contributed by atoms with Crippen LogP contribution in [0.3, 0.4) is 0 Å². The Morgan fingerprint density at radius 2 is 1.54 bits per heavy atom. The lowest BCUT2D eigenvalue weighted by atomic mass is 9.98. The minimum Gasteiger partial charge on any atom is -0.298 e. The molecule has 0 heterocycles. The first-order valence-corrected chi connectivity index (χ1v) is 8.48. The second kappa shape index (κ2) is 10.2. The van der Waals surface area contributed by atoms with Crippen LogP contribution >= 0.6 is 0 Å². The first kappa shape index (κ1) is 17.7. The molecule has 0 saturated carbocycles. The third-order valence-corrected chi connectivity index (χ3v) is 3.80. The third-order valence-electron chi connectivity index (χ3n) is 3.80. The molecular weight excluding hydrogens is 292 g/mol. The number of benzene rings is 2. The maximum absolute atomic E-state index is 11.6. The number of rotatable bonds is 8. The highest BCUT2D eigenvalue weighted by atomic mass is 16.1. The maximum Gasteiger partial charge on any atom is 0.150 e. The zero-order valence-corrected chi connectivity index (χ0v) is 14.2. The smallest absolute Gasteiger partial charge is 0.150 e. The molecule has 0 aromatic heterocycles. The van der Waals surface area contributed by atoms with Crippen LogP contribution in [0.2, 0.25) is 0 Å². The van der Waals surface area contributed by atoms with Gasteiger partial charge in [-0.05, 0) is 35.6 Å². The molecule has 0 unspecified atom stereocenters. The molecule has 0 saturated heterocycles. The van der Waals surface area contributed by atoms with Crippen molar-refractivity contribution >= 4 is 18.4 Å². The Morgan fingerprint density at radius 3 is 2.12 bits per heavy atom. The first-order valence-electron chi connectivity index (χ1n) is 8.48. The lowest BCUT2D eigenvalue weighted by molar-refractivity contribution is -0.104. The summed E-state index contributed by atoms with van der Waals surface area (Å²) in [5, 5.41) is 0. The van der Waals surface area contributed by atoms with E-state index < -0.39 is 0 Å². The van der Waals surface area contributed by atoms with Crippen molar-refractivity contribution in [3.8, 4) is 0 Å². The van der Waals surface area contributed by atoms with E-state index in [1.165, 1.54) is 0 Å². The predicted octanol–water partition coefficient (Wildman–Crippen LogP) is 6.10. The van der Waals surface area contributed by atoms with Crippen molar-refractivity contribution in [3.63, 3.8) is 0 Å². The lowest BCUT2D eigenvalue weighted by Crippen LogP contribution is -1.92. The van der Waals surface area contributed by atoms with Crippen molar-refractivity contribution in [2.24, 2.45) is 0 Å². The van der Waals surface area contributed by atoms with Crippen LogP contribution in [0.1, 0.15) is 37.3 Å². The Bertz CT molecular complexity index is 706. The van der Waals surface area contributed by atoms with Gasteiger partial charge in [0.15, 0.2) is 0 Å². The minimum absolute atomic E-state index is 0.757. The summed E-state index contributed by atoms with van der Waals surface area (Å²) in [7, 11) is 0. The van der Waals surface area contributed by atoms with Gasteiger partial charge in [-0.1, -0.05) is 92.2 Å². The molecule has 0 amide bonds. The van der Waals surface area contributed by atoms with E-state index in [4.69, 9.17) is 0 Å². The topological polar surface area (TPSA) is 17.1 Å². The van der Waals surface area contributed by atoms with Gasteiger partial charge in [-0.25, -0.2) is 0 Å². The van der Waals surface area contributed by atoms with Gasteiger partial charge < -0.3 is 0 Å². The average molecular weight is 316 g/mol. The average Bonchev–Trinajstić information content (AvgIpc) is 2.64. The van der Waals surface area contributed by atoms with Gasteiger partial charge in [0.25, 0.3) is 0 Å². The van der Waals surface area contributed by atoms with E-state index in [2.05, 4.69) is 31.2 Å². The Morgan fingerprint density at radius 1 is 0.917 bits per heavy atom. The van der Waals surface area contributed by atoms with E-state index in [9.17, 15) is 4.79 Å². The largest absolute Gasteiger partial charge is 0.298 e. The molecule has 0 aliphatic heterocycles. The van der Waals surface area contributed by atoms with Crippen molar-refractivity contribution in [1.82, 2.24) is 0 Å². The Kier molecular flexibility index (Phi) is 7.49. The number of carbonyl (C=O) groups excluding carboxylic acids is 1. The highest BCUT2D eigenvalue weighted by Gasteiger charge is 2.04. The fourth-order valence-electron chi connectivity index (χ4n) is 2.46. The zero-order valence-electron chi connectivity index (χ0n) is 14.2. The predicted molar refractivity (Wildman–Crippen MR) is 104 cm³/mol. The van der Waals surface area contributed by atoms with Gasteiger partial charge in [0.1, 0.15) is 6.29 Å². The van der Waals surface area contributed by atoms with E-state index in [-0.39, 0.29) is 0 Å². The highest BCUT2D eigenvalue weighted by Crippen LogP contribution is 2.19. The molecule has 2 aromatic rings. The second-order valence-corrected chi connectivity index (χ2v) is 5.69. The monoisotopic (exact) mass is 316 g/mol. The number of hydrogen-bond donors (Lipinski definition) is 0. The van der Waals surface area contributed by atoms with Gasteiger partial charge in [-0.2, -0.15) is 0 Å². The number of allylic oxidation sites excluding steroid dienone is 4. The second-order valence-electron chi connectivity index (χ2n) is 5.69. The standard InChI is InChI=1S/C23H24O/c1-2-3-16-22(17-10-15-20-11-6-4-7-12-20)23(19-24)18-21-13-8-5-9-14-21/h4-15,17-19H,2-3,16H2,1H3. The summed E-state index contributed by atoms with van der Waals surface area (Å²) in [5.41, 5.74) is 4.05. The van der Waals surface area contributed by atoms with Gasteiger partial charge in [0.2, 0.25) is 0 Å². The van der Waals surface area contributed by atoms with Crippen LogP contribution in [0, 0.1) is 0 Å². The fourth-order valence-corrected chi connectivity index (χ4v) is 2.46. The molecule has 1 heteroatoms. The molecule has 1 nitrogen and oxygen atoms in total. The summed E-state index contributed by atoms with van der Waals surface area (Å²) in [6.07, 6.45) is 12.2. The van der Waals surface area contributed by atoms with Gasteiger partial charge in [0, 0.05) is 5.57 Å². The molecule has 2 aromatic carbocycles. The van der Waals surface area contributed by atoms with Crippen LogP contribution in [0.5, 0.6) is 0 Å². The van der Waals surface area contributed by atoms with Crippen LogP contribution in [0.25, 0.3) is 12.2 Å². The Hall–Kier alpha value is -2.67. The molecular formula is C23H24O. The van der Waals surface area contributed by atoms with Crippen molar-refractivity contribution < 1.29 is 4.79 Å². The summed E-state index contributed by atoms with van der Waals surface area (Å²) in [4.78, 5) is 11.6. The fraction of sp³-hybridized carbons (Fsp3) is 0.174. The van der Waals surface area contributed by atoms with Gasteiger partial charge in [-0.3, -0.25) is 4.79 Å². The molecule has 0 N–H and O–H groups in total. The molecule has 24 heavy (non-hydrogen) atoms. The quantitative estimate of drug-likeness (QED) is 0.327. The van der Waals surface area contributed by atoms with Crippen molar-refractivity contribution in [3.05, 3.63) is 95.1 Å². The first-order chi connectivity index (χ1) is 11.8. The summed E-state index contributed by atoms with van der Waals surface area (Å²) in [6, 6.07) is 20.2. The Balaban J connectivity index is 2.25. The molecule has 0 aliphatic rings. The van der Waals surface area contributed by atoms with Crippen LogP contribution < -0.4 is 0 Å². The molecule has 0 spiro atoms. The van der Waals surface area contributed by atoms with Crippen LogP contribution in [0.4, 0.5) is 0 Å². The molecule has 0 aliphatic carbocycles. The highest BCUT2D eigenvalue weighted by molar-refractivity contribution is 5.88. The van der Waals surface area contributed by atoms with Gasteiger partial charge in [-0.15, -0.1) is 0 Å². The number of aldehydes is 1. The normalized spacial score (nSPS) is 12.5. The maximum atomic E-state index is 11.6. The SMILES string of the molecule is CCCCC(=CC=Cc1ccccc1)C(C=O)=Cc1ccccc1. The van der Waals surface area contributed by atoms with Crippen molar-refractivity contribution in [1.29, 1.82) is 0 Å². The molecule has 0 bridgehead atoms. The summed E-state index contributed by atoms with van der Waals surface area (Å²) in [6.45, 7) is 2.17. The van der Waals surface area contributed by atoms with Crippen molar-refractivity contribution in [2.75, 3.05) is 0 Å². The molecule has 0 fully saturated rings. The molecule has 0 radical (unpaired) electrons. The zero-order chi connectivity index (χ0) is 17.0. The van der Waals surface area contributed by atoms with E-state index >= 15 is 0 Å². The van der Waals surface area contributed by atoms with Crippen LogP contribution in [-0.4, -0.2) is 6.29 Å². The number of unbranched alkanes of at least 4 members (excludes halogenated alkanes) is 1.